The Balaban J connectivity index is 1.93. The molecule has 4 heteroatoms. The van der Waals surface area contributed by atoms with Crippen LogP contribution in [-0.2, 0) is 6.54 Å². The number of hydrogen-bond acceptors (Lipinski definition) is 3. The van der Waals surface area contributed by atoms with Crippen LogP contribution in [0.4, 0.5) is 0 Å². The number of nitrogens with zero attached hydrogens (tertiary/aromatic N) is 1. The van der Waals surface area contributed by atoms with Crippen molar-refractivity contribution in [1.29, 1.82) is 5.26 Å². The molecule has 0 bridgehead atoms. The van der Waals surface area contributed by atoms with Gasteiger partial charge in [0.2, 0.25) is 0 Å². The number of nitrogens with one attached hydrogen (secondary N) is 1. The van der Waals surface area contributed by atoms with Gasteiger partial charge in [-0.1, -0.05) is 11.6 Å². The molecule has 3 nitrogen and oxygen atoms in total. The molecule has 0 aliphatic heterocycles. The predicted octanol–water partition coefficient (Wildman–Crippen LogP) is 3.91. The summed E-state index contributed by atoms with van der Waals surface area (Å²) in [7, 11) is 0. The van der Waals surface area contributed by atoms with E-state index in [4.69, 9.17) is 21.6 Å². The maximum atomic E-state index is 9.00. The Labute approximate surface area is 125 Å². The summed E-state index contributed by atoms with van der Waals surface area (Å²) in [5.41, 5.74) is 0.734. The van der Waals surface area contributed by atoms with E-state index >= 15 is 0 Å². The molecule has 20 heavy (non-hydrogen) atoms. The van der Waals surface area contributed by atoms with Crippen LogP contribution in [-0.4, -0.2) is 12.6 Å². The molecule has 0 heterocycles. The van der Waals surface area contributed by atoms with E-state index in [1.54, 1.807) is 0 Å². The van der Waals surface area contributed by atoms with Gasteiger partial charge in [0.1, 0.15) is 5.75 Å². The van der Waals surface area contributed by atoms with Gasteiger partial charge in [0.25, 0.3) is 0 Å². The molecule has 0 atom stereocenters. The molecule has 1 fully saturated rings. The van der Waals surface area contributed by atoms with Crippen LogP contribution in [0.25, 0.3) is 0 Å². The Morgan fingerprint density at radius 2 is 2.20 bits per heavy atom. The number of rotatable bonds is 7. The minimum atomic E-state index is -0.348. The Kier molecular flexibility index (Phi) is 4.91. The highest BCUT2D eigenvalue weighted by atomic mass is 35.5. The molecule has 108 valence electrons. The van der Waals surface area contributed by atoms with E-state index in [0.717, 1.165) is 22.9 Å². The van der Waals surface area contributed by atoms with Crippen molar-refractivity contribution in [2.24, 2.45) is 5.41 Å². The third kappa shape index (κ3) is 4.70. The van der Waals surface area contributed by atoms with Crippen LogP contribution in [0.15, 0.2) is 18.2 Å². The van der Waals surface area contributed by atoms with Crippen LogP contribution in [0.3, 0.4) is 0 Å². The third-order valence-electron chi connectivity index (χ3n) is 3.47. The molecular weight excluding hydrogens is 272 g/mol. The number of ether oxygens (including phenoxy) is 1. The zero-order valence-electron chi connectivity index (χ0n) is 12.1. The minimum absolute atomic E-state index is 0.348. The predicted molar refractivity (Wildman–Crippen MR) is 80.8 cm³/mol. The fourth-order valence-electron chi connectivity index (χ4n) is 1.84. The first-order valence-electron chi connectivity index (χ1n) is 7.06. The van der Waals surface area contributed by atoms with E-state index in [9.17, 15) is 0 Å². The van der Waals surface area contributed by atoms with E-state index in [1.165, 1.54) is 12.8 Å². The average molecular weight is 293 g/mol. The zero-order chi connectivity index (χ0) is 14.6. The lowest BCUT2D eigenvalue weighted by atomic mass is 9.92. The second kappa shape index (κ2) is 6.47. The summed E-state index contributed by atoms with van der Waals surface area (Å²) in [6.45, 7) is 5.17. The normalized spacial score (nSPS) is 14.9. The molecule has 1 aromatic carbocycles. The van der Waals surface area contributed by atoms with Gasteiger partial charge in [0, 0.05) is 23.2 Å². The van der Waals surface area contributed by atoms with Gasteiger partial charge in [-0.15, -0.1) is 0 Å². The third-order valence-corrected chi connectivity index (χ3v) is 3.70. The van der Waals surface area contributed by atoms with Gasteiger partial charge in [0.05, 0.1) is 18.1 Å². The molecule has 1 aliphatic carbocycles. The first-order valence-corrected chi connectivity index (χ1v) is 7.44. The van der Waals surface area contributed by atoms with Crippen molar-refractivity contribution >= 4 is 11.6 Å². The molecule has 0 saturated heterocycles. The molecular formula is C16H21ClN2O. The topological polar surface area (TPSA) is 45.0 Å². The van der Waals surface area contributed by atoms with Gasteiger partial charge < -0.3 is 10.1 Å². The van der Waals surface area contributed by atoms with Gasteiger partial charge >= 0.3 is 0 Å². The lowest BCUT2D eigenvalue weighted by molar-refractivity contribution is 0.262. The molecule has 0 spiro atoms. The van der Waals surface area contributed by atoms with Gasteiger partial charge in [-0.3, -0.25) is 0 Å². The molecule has 0 aromatic heterocycles. The Bertz CT molecular complexity index is 504. The minimum Gasteiger partial charge on any atom is -0.493 e. The van der Waals surface area contributed by atoms with Crippen LogP contribution >= 0.6 is 11.6 Å². The molecule has 1 aliphatic rings. The van der Waals surface area contributed by atoms with Gasteiger partial charge in [0.15, 0.2) is 0 Å². The molecule has 2 rings (SSSR count). The molecule has 1 N–H and O–H groups in total. The van der Waals surface area contributed by atoms with Gasteiger partial charge in [-0.25, -0.2) is 0 Å². The van der Waals surface area contributed by atoms with Crippen molar-refractivity contribution in [1.82, 2.24) is 5.32 Å². The van der Waals surface area contributed by atoms with E-state index in [-0.39, 0.29) is 5.41 Å². The van der Waals surface area contributed by atoms with Crippen LogP contribution in [0.2, 0.25) is 5.02 Å². The average Bonchev–Trinajstić information content (AvgIpc) is 3.22. The second-order valence-electron chi connectivity index (χ2n) is 6.00. The highest BCUT2D eigenvalue weighted by molar-refractivity contribution is 6.30. The molecule has 1 saturated carbocycles. The van der Waals surface area contributed by atoms with Crippen LogP contribution in [0, 0.1) is 16.7 Å². The summed E-state index contributed by atoms with van der Waals surface area (Å²) in [4.78, 5) is 0. The Hall–Kier alpha value is -1.24. The quantitative estimate of drug-likeness (QED) is 0.829. The maximum absolute atomic E-state index is 9.00. The number of benzene rings is 1. The van der Waals surface area contributed by atoms with Crippen LogP contribution in [0.5, 0.6) is 5.75 Å². The summed E-state index contributed by atoms with van der Waals surface area (Å²) >= 11 is 6.05. The van der Waals surface area contributed by atoms with Crippen molar-refractivity contribution in [3.63, 3.8) is 0 Å². The Morgan fingerprint density at radius 1 is 1.45 bits per heavy atom. The summed E-state index contributed by atoms with van der Waals surface area (Å²) < 4.78 is 5.83. The summed E-state index contributed by atoms with van der Waals surface area (Å²) in [6, 6.07) is 8.63. The van der Waals surface area contributed by atoms with E-state index in [1.807, 2.05) is 32.0 Å². The van der Waals surface area contributed by atoms with Crippen molar-refractivity contribution in [2.45, 2.75) is 45.7 Å². The molecule has 0 radical (unpaired) electrons. The highest BCUT2D eigenvalue weighted by Crippen LogP contribution is 2.26. The maximum Gasteiger partial charge on any atom is 0.123 e. The fourth-order valence-corrected chi connectivity index (χ4v) is 2.04. The monoisotopic (exact) mass is 292 g/mol. The lowest BCUT2D eigenvalue weighted by Gasteiger charge is -2.17. The highest BCUT2D eigenvalue weighted by Gasteiger charge is 2.21. The van der Waals surface area contributed by atoms with Crippen LogP contribution < -0.4 is 10.1 Å². The van der Waals surface area contributed by atoms with E-state index in [0.29, 0.717) is 19.1 Å². The standard InChI is InChI=1S/C16H21ClN2O/c1-16(2,11-18)7-8-20-15-6-3-13(17)9-12(15)10-19-14-4-5-14/h3,6,9,14,19H,4-5,7-8,10H2,1-2H3. The number of hydrogen-bond donors (Lipinski definition) is 1. The van der Waals surface area contributed by atoms with E-state index in [2.05, 4.69) is 11.4 Å². The van der Waals surface area contributed by atoms with Gasteiger partial charge in [-0.2, -0.15) is 5.26 Å². The smallest absolute Gasteiger partial charge is 0.123 e. The first kappa shape index (κ1) is 15.2. The van der Waals surface area contributed by atoms with Crippen molar-refractivity contribution < 1.29 is 4.74 Å². The fraction of sp³-hybridized carbons (Fsp3) is 0.562. The van der Waals surface area contributed by atoms with E-state index < -0.39 is 0 Å². The Morgan fingerprint density at radius 3 is 2.85 bits per heavy atom. The lowest BCUT2D eigenvalue weighted by Crippen LogP contribution is -2.17. The molecule has 0 amide bonds. The number of halogens is 1. The van der Waals surface area contributed by atoms with Crippen molar-refractivity contribution in [3.8, 4) is 11.8 Å². The summed E-state index contributed by atoms with van der Waals surface area (Å²) in [6.07, 6.45) is 3.22. The van der Waals surface area contributed by atoms with Crippen LogP contribution in [0.1, 0.15) is 38.7 Å². The first-order chi connectivity index (χ1) is 9.50. The largest absolute Gasteiger partial charge is 0.493 e. The zero-order valence-corrected chi connectivity index (χ0v) is 12.8. The summed E-state index contributed by atoms with van der Waals surface area (Å²) in [5.74, 6) is 0.858. The molecule has 0 unspecified atom stereocenters. The van der Waals surface area contributed by atoms with Gasteiger partial charge in [-0.05, 0) is 51.3 Å². The number of nitriles is 1. The SMILES string of the molecule is CC(C)(C#N)CCOc1ccc(Cl)cc1CNC1CC1. The van der Waals surface area contributed by atoms with Crippen molar-refractivity contribution in [2.75, 3.05) is 6.61 Å². The second-order valence-corrected chi connectivity index (χ2v) is 6.44. The van der Waals surface area contributed by atoms with Crippen molar-refractivity contribution in [3.05, 3.63) is 28.8 Å². The molecule has 1 aromatic rings. The summed E-state index contributed by atoms with van der Waals surface area (Å²) in [5, 5.41) is 13.2.